The van der Waals surface area contributed by atoms with Gasteiger partial charge in [0.15, 0.2) is 0 Å². The van der Waals surface area contributed by atoms with Gasteiger partial charge in [0.1, 0.15) is 0 Å². The second kappa shape index (κ2) is 10.6. The minimum atomic E-state index is -0.536. The molecule has 0 spiro atoms. The quantitative estimate of drug-likeness (QED) is 0.318. The van der Waals surface area contributed by atoms with Gasteiger partial charge in [0.25, 0.3) is 0 Å². The van der Waals surface area contributed by atoms with E-state index < -0.39 is 7.26 Å². The van der Waals surface area contributed by atoms with Gasteiger partial charge in [-0.1, -0.05) is 40.5 Å². The van der Waals surface area contributed by atoms with Crippen LogP contribution in [-0.4, -0.2) is 24.6 Å². The summed E-state index contributed by atoms with van der Waals surface area (Å²) in [5.74, 6) is 0. The fraction of sp³-hybridized carbons (Fsp3) is 1.00. The molecule has 0 aliphatic rings. The van der Waals surface area contributed by atoms with Gasteiger partial charge in [0.05, 0.1) is 24.6 Å². The first-order chi connectivity index (χ1) is 7.74. The van der Waals surface area contributed by atoms with Crippen molar-refractivity contribution in [3.05, 3.63) is 0 Å². The van der Waals surface area contributed by atoms with E-state index in [1.807, 2.05) is 0 Å². The molecule has 0 N–H and O–H groups in total. The van der Waals surface area contributed by atoms with Crippen LogP contribution >= 0.6 is 7.26 Å². The van der Waals surface area contributed by atoms with E-state index in [0.717, 1.165) is 0 Å². The van der Waals surface area contributed by atoms with Crippen LogP contribution < -0.4 is 0 Å². The van der Waals surface area contributed by atoms with E-state index in [1.54, 1.807) is 24.6 Å². The van der Waals surface area contributed by atoms with Crippen LogP contribution in [0.25, 0.3) is 0 Å². The molecule has 0 amide bonds. The summed E-state index contributed by atoms with van der Waals surface area (Å²) in [5, 5.41) is 0. The van der Waals surface area contributed by atoms with Gasteiger partial charge in [-0.15, -0.1) is 0 Å². The molecule has 0 radical (unpaired) electrons. The topological polar surface area (TPSA) is 0 Å². The maximum Gasteiger partial charge on any atom is 0.0594 e. The van der Waals surface area contributed by atoms with Gasteiger partial charge >= 0.3 is 0 Å². The third kappa shape index (κ3) is 6.89. The highest BCUT2D eigenvalue weighted by atomic mass is 31.2. The molecule has 0 aromatic carbocycles. The molecule has 0 atom stereocenters. The molecule has 0 bridgehead atoms. The van der Waals surface area contributed by atoms with E-state index in [4.69, 9.17) is 0 Å². The van der Waals surface area contributed by atoms with Crippen LogP contribution in [0.1, 0.15) is 72.6 Å². The minimum Gasteiger partial charge on any atom is -0.0654 e. The maximum atomic E-state index is 2.38. The van der Waals surface area contributed by atoms with E-state index in [2.05, 4.69) is 27.7 Å². The Bertz CT molecular complexity index is 125. The summed E-state index contributed by atoms with van der Waals surface area (Å²) in [6.45, 7) is 9.46. The van der Waals surface area contributed by atoms with Crippen molar-refractivity contribution in [2.45, 2.75) is 72.6 Å². The van der Waals surface area contributed by atoms with Crippen LogP contribution in [0.15, 0.2) is 0 Å². The Morgan fingerprint density at radius 3 is 1.38 bits per heavy atom. The minimum absolute atomic E-state index is 0.536. The van der Waals surface area contributed by atoms with Crippen molar-refractivity contribution in [3.8, 4) is 0 Å². The molecular formula is C15H34P+. The van der Waals surface area contributed by atoms with E-state index in [9.17, 15) is 0 Å². The lowest BCUT2D eigenvalue weighted by Gasteiger charge is -2.27. The normalized spacial score (nSPS) is 12.0. The molecule has 0 aromatic heterocycles. The zero-order chi connectivity index (χ0) is 12.3. The molecule has 0 nitrogen and oxygen atoms in total. The number of hydrogen-bond donors (Lipinski definition) is 0. The lowest BCUT2D eigenvalue weighted by atomic mass is 10.2. The van der Waals surface area contributed by atoms with Gasteiger partial charge in [-0.25, -0.2) is 0 Å². The smallest absolute Gasteiger partial charge is 0.0594 e. The Kier molecular flexibility index (Phi) is 10.9. The first-order valence-corrected chi connectivity index (χ1v) is 10.1. The molecule has 0 saturated heterocycles. The second-order valence-electron chi connectivity index (χ2n) is 5.30. The summed E-state index contributed by atoms with van der Waals surface area (Å²) >= 11 is 0. The average molecular weight is 245 g/mol. The highest BCUT2D eigenvalue weighted by molar-refractivity contribution is 7.75. The number of unbranched alkanes of at least 4 members (excludes halogenated alkanes) is 3. The van der Waals surface area contributed by atoms with Crippen molar-refractivity contribution >= 4 is 7.26 Å². The zero-order valence-corrected chi connectivity index (χ0v) is 13.1. The summed E-state index contributed by atoms with van der Waals surface area (Å²) in [4.78, 5) is 0. The van der Waals surface area contributed by atoms with Crippen LogP contribution in [0.3, 0.4) is 0 Å². The fourth-order valence-electron chi connectivity index (χ4n) is 2.97. The molecule has 0 fully saturated rings. The summed E-state index contributed by atoms with van der Waals surface area (Å²) in [6, 6.07) is 0. The van der Waals surface area contributed by atoms with Crippen LogP contribution in [0.4, 0.5) is 0 Å². The monoisotopic (exact) mass is 245 g/mol. The van der Waals surface area contributed by atoms with Gasteiger partial charge in [0.2, 0.25) is 0 Å². The number of hydrogen-bond acceptors (Lipinski definition) is 0. The Balaban J connectivity index is 4.12. The maximum absolute atomic E-state index is 2.38. The Labute approximate surface area is 105 Å². The fourth-order valence-corrected chi connectivity index (χ4v) is 8.05. The van der Waals surface area contributed by atoms with E-state index in [0.29, 0.717) is 0 Å². The molecule has 0 saturated carbocycles. The zero-order valence-electron chi connectivity index (χ0n) is 12.2. The molecule has 0 aliphatic carbocycles. The van der Waals surface area contributed by atoms with Gasteiger partial charge in [0, 0.05) is 7.26 Å². The van der Waals surface area contributed by atoms with Gasteiger partial charge in [-0.3, -0.25) is 0 Å². The van der Waals surface area contributed by atoms with Crippen molar-refractivity contribution in [1.82, 2.24) is 0 Å². The Hall–Kier alpha value is 0.430. The molecule has 16 heavy (non-hydrogen) atoms. The average Bonchev–Trinajstić information content (AvgIpc) is 2.26. The number of rotatable bonds is 11. The van der Waals surface area contributed by atoms with Crippen LogP contribution in [0.5, 0.6) is 0 Å². The first-order valence-electron chi connectivity index (χ1n) is 7.59. The van der Waals surface area contributed by atoms with Crippen molar-refractivity contribution in [3.63, 3.8) is 0 Å². The Morgan fingerprint density at radius 1 is 0.500 bits per heavy atom. The lowest BCUT2D eigenvalue weighted by molar-refractivity contribution is 0.701. The summed E-state index contributed by atoms with van der Waals surface area (Å²) in [7, 11) is -0.536. The highest BCUT2D eigenvalue weighted by Crippen LogP contribution is 2.60. The van der Waals surface area contributed by atoms with Gasteiger partial charge in [-0.05, 0) is 32.1 Å². The van der Waals surface area contributed by atoms with E-state index in [-0.39, 0.29) is 0 Å². The SMILES string of the molecule is CCCCCC[P+](CCC)(CCC)CCC. The standard InChI is InChI=1S/C15H34P/c1-5-9-10-11-15-16(12-6-2,13-7-3)14-8-4/h5-15H2,1-4H3/q+1. The van der Waals surface area contributed by atoms with E-state index in [1.165, 1.54) is 44.9 Å². The largest absolute Gasteiger partial charge is 0.0654 e. The van der Waals surface area contributed by atoms with Crippen molar-refractivity contribution in [2.24, 2.45) is 0 Å². The molecule has 0 aromatic rings. The molecule has 98 valence electrons. The lowest BCUT2D eigenvalue weighted by Crippen LogP contribution is -2.11. The second-order valence-corrected chi connectivity index (χ2v) is 9.77. The molecule has 0 unspecified atom stereocenters. The van der Waals surface area contributed by atoms with Gasteiger partial charge in [-0.2, -0.15) is 0 Å². The summed E-state index contributed by atoms with van der Waals surface area (Å²) in [5.41, 5.74) is 0. The van der Waals surface area contributed by atoms with Crippen molar-refractivity contribution < 1.29 is 0 Å². The van der Waals surface area contributed by atoms with Crippen molar-refractivity contribution in [2.75, 3.05) is 24.6 Å². The molecule has 1 heteroatoms. The predicted octanol–water partition coefficient (Wildman–Crippen LogP) is 5.81. The van der Waals surface area contributed by atoms with Crippen LogP contribution in [-0.2, 0) is 0 Å². The Morgan fingerprint density at radius 2 is 1.00 bits per heavy atom. The molecule has 0 rings (SSSR count). The predicted molar refractivity (Wildman–Crippen MR) is 81.4 cm³/mol. The van der Waals surface area contributed by atoms with E-state index >= 15 is 0 Å². The third-order valence-corrected chi connectivity index (χ3v) is 9.03. The third-order valence-electron chi connectivity index (χ3n) is 3.58. The van der Waals surface area contributed by atoms with Crippen LogP contribution in [0, 0.1) is 0 Å². The molecular weight excluding hydrogens is 211 g/mol. The first kappa shape index (κ1) is 16.4. The summed E-state index contributed by atoms with van der Waals surface area (Å²) in [6.07, 6.45) is 16.4. The highest BCUT2D eigenvalue weighted by Gasteiger charge is 2.33. The van der Waals surface area contributed by atoms with Gasteiger partial charge < -0.3 is 0 Å². The molecule has 0 heterocycles. The van der Waals surface area contributed by atoms with Crippen LogP contribution in [0.2, 0.25) is 0 Å². The molecule has 0 aliphatic heterocycles. The summed E-state index contributed by atoms with van der Waals surface area (Å²) < 4.78 is 0. The van der Waals surface area contributed by atoms with Crippen molar-refractivity contribution in [1.29, 1.82) is 0 Å².